The van der Waals surface area contributed by atoms with Crippen molar-refractivity contribution in [1.29, 1.82) is 0 Å². The molecule has 3 radical (unpaired) electrons. The van der Waals surface area contributed by atoms with Gasteiger partial charge in [-0.3, -0.25) is 9.59 Å². The molecule has 0 heterocycles. The van der Waals surface area contributed by atoms with E-state index in [9.17, 15) is 18.0 Å². The van der Waals surface area contributed by atoms with Crippen molar-refractivity contribution in [2.75, 3.05) is 16.8 Å². The zero-order chi connectivity index (χ0) is 22.8. The molecule has 0 fully saturated rings. The van der Waals surface area contributed by atoms with Crippen LogP contribution in [-0.2, 0) is 42.5 Å². The molecule has 159 valence electrons. The molecule has 0 atom stereocenters. The number of hydrogen-bond donors (Lipinski definition) is 2. The van der Waals surface area contributed by atoms with Gasteiger partial charge < -0.3 is 18.0 Å². The van der Waals surface area contributed by atoms with Gasteiger partial charge in [0, 0.05) is 55.2 Å². The standard InChI is InChI=1S/C22H17N2O4S.CH3B.Y/c1-2-29(27,28)14-7-5-6-13(12-14)24-18-11-10-17(23)19-20(18)22(26)16-9-4-3-8-15(16)21(19)25;1-2;/h3-12,24H,1-2,23H2;1H3;/q-1;;. The Balaban J connectivity index is 0.00000118. The fourth-order valence-electron chi connectivity index (χ4n) is 3.39. The van der Waals surface area contributed by atoms with Gasteiger partial charge in [-0.2, -0.15) is 0 Å². The van der Waals surface area contributed by atoms with Crippen LogP contribution < -0.4 is 11.1 Å². The van der Waals surface area contributed by atoms with E-state index in [1.807, 2.05) is 0 Å². The van der Waals surface area contributed by atoms with Crippen molar-refractivity contribution in [3.63, 3.8) is 0 Å². The number of sulfone groups is 1. The average Bonchev–Trinajstić information content (AvgIpc) is 2.80. The van der Waals surface area contributed by atoms with E-state index in [1.165, 1.54) is 19.0 Å². The fraction of sp³-hybridized carbons (Fsp3) is 0.0870. The van der Waals surface area contributed by atoms with Gasteiger partial charge in [-0.25, -0.2) is 8.42 Å². The number of ketones is 2. The molecule has 0 bridgehead atoms. The summed E-state index contributed by atoms with van der Waals surface area (Å²) in [5, 5.41) is 3.06. The normalized spacial score (nSPS) is 11.9. The maximum Gasteiger partial charge on any atom is 0.196 e. The van der Waals surface area contributed by atoms with Gasteiger partial charge in [0.1, 0.15) is 0 Å². The van der Waals surface area contributed by atoms with Crippen molar-refractivity contribution in [2.24, 2.45) is 0 Å². The average molecular weight is 520 g/mol. The summed E-state index contributed by atoms with van der Waals surface area (Å²) in [5.41, 5.74) is 8.05. The second kappa shape index (κ2) is 10.6. The second-order valence-electron chi connectivity index (χ2n) is 6.63. The molecule has 0 amide bonds. The van der Waals surface area contributed by atoms with Gasteiger partial charge in [-0.1, -0.05) is 42.9 Å². The molecule has 0 spiro atoms. The van der Waals surface area contributed by atoms with Crippen LogP contribution in [0.25, 0.3) is 0 Å². The van der Waals surface area contributed by atoms with Crippen LogP contribution in [0, 0.1) is 6.92 Å². The molecule has 0 unspecified atom stereocenters. The molecule has 9 heteroatoms. The van der Waals surface area contributed by atoms with Crippen molar-refractivity contribution >= 4 is 46.3 Å². The molecule has 3 N–H and O–H groups in total. The van der Waals surface area contributed by atoms with Crippen LogP contribution in [0.3, 0.4) is 0 Å². The topological polar surface area (TPSA) is 106 Å². The first-order chi connectivity index (χ1) is 14.8. The van der Waals surface area contributed by atoms with E-state index in [0.29, 0.717) is 22.5 Å². The molecule has 4 rings (SSSR count). The molecule has 32 heavy (non-hydrogen) atoms. The van der Waals surface area contributed by atoms with E-state index in [1.54, 1.807) is 48.5 Å². The minimum absolute atomic E-state index is 0. The van der Waals surface area contributed by atoms with Crippen LogP contribution in [0.4, 0.5) is 17.1 Å². The second-order valence-corrected chi connectivity index (χ2v) is 8.74. The first-order valence-corrected chi connectivity index (χ1v) is 11.1. The predicted octanol–water partition coefficient (Wildman–Crippen LogP) is 3.60. The van der Waals surface area contributed by atoms with Crippen molar-refractivity contribution in [1.82, 2.24) is 0 Å². The SMILES string of the molecule is [B]C.[CH2-]CS(=O)(=O)c1cccc(Nc2ccc(N)c3c2C(=O)c2ccccc2C3=O)c1.[Y]. The van der Waals surface area contributed by atoms with Gasteiger partial charge in [0.15, 0.2) is 21.4 Å². The van der Waals surface area contributed by atoms with Crippen LogP contribution in [0.1, 0.15) is 31.8 Å². The minimum atomic E-state index is -3.49. The monoisotopic (exact) mass is 520 g/mol. The zero-order valence-electron chi connectivity index (χ0n) is 17.5. The molecule has 1 aliphatic rings. The smallest absolute Gasteiger partial charge is 0.196 e. The number of anilines is 3. The number of nitrogen functional groups attached to an aromatic ring is 1. The minimum Gasteiger partial charge on any atom is -0.398 e. The number of nitrogens with one attached hydrogen (secondary N) is 1. The largest absolute Gasteiger partial charge is 0.398 e. The molecule has 0 aromatic heterocycles. The summed E-state index contributed by atoms with van der Waals surface area (Å²) < 4.78 is 24.2. The van der Waals surface area contributed by atoms with E-state index in [2.05, 4.69) is 20.1 Å². The summed E-state index contributed by atoms with van der Waals surface area (Å²) in [5.74, 6) is -0.895. The molecular formula is C23H20BN2O4SY-. The Labute approximate surface area is 214 Å². The molecule has 0 aliphatic heterocycles. The Bertz CT molecular complexity index is 1290. The molecule has 0 saturated carbocycles. The first kappa shape index (κ1) is 26.0. The van der Waals surface area contributed by atoms with Gasteiger partial charge >= 0.3 is 0 Å². The van der Waals surface area contributed by atoms with E-state index >= 15 is 0 Å². The Hall–Kier alpha value is -2.28. The quantitative estimate of drug-likeness (QED) is 0.242. The summed E-state index contributed by atoms with van der Waals surface area (Å²) in [7, 11) is 1.01. The number of hydrogen-bond acceptors (Lipinski definition) is 6. The molecule has 0 saturated heterocycles. The first-order valence-electron chi connectivity index (χ1n) is 9.41. The summed E-state index contributed by atoms with van der Waals surface area (Å²) in [6.45, 7) is 4.95. The van der Waals surface area contributed by atoms with Crippen molar-refractivity contribution in [2.45, 2.75) is 11.7 Å². The van der Waals surface area contributed by atoms with Gasteiger partial charge in [-0.05, 0) is 30.3 Å². The van der Waals surface area contributed by atoms with Gasteiger partial charge in [0.2, 0.25) is 0 Å². The Morgan fingerprint density at radius 2 is 1.50 bits per heavy atom. The van der Waals surface area contributed by atoms with E-state index in [0.717, 1.165) is 0 Å². The Morgan fingerprint density at radius 3 is 2.09 bits per heavy atom. The van der Waals surface area contributed by atoms with E-state index in [-0.39, 0.29) is 71.7 Å². The maximum absolute atomic E-state index is 13.1. The third-order valence-electron chi connectivity index (χ3n) is 4.85. The van der Waals surface area contributed by atoms with Crippen molar-refractivity contribution in [3.05, 3.63) is 89.8 Å². The predicted molar refractivity (Wildman–Crippen MR) is 123 cm³/mol. The molecule has 1 aliphatic carbocycles. The van der Waals surface area contributed by atoms with Gasteiger partial charge in [0.05, 0.1) is 29.6 Å². The molecule has 3 aromatic rings. The van der Waals surface area contributed by atoms with Crippen LogP contribution in [0.5, 0.6) is 0 Å². The van der Waals surface area contributed by atoms with Crippen LogP contribution in [0.15, 0.2) is 65.6 Å². The molecule has 3 aromatic carbocycles. The third-order valence-corrected chi connectivity index (χ3v) is 6.36. The summed E-state index contributed by atoms with van der Waals surface area (Å²) in [6.07, 6.45) is 0. The van der Waals surface area contributed by atoms with E-state index < -0.39 is 9.84 Å². The van der Waals surface area contributed by atoms with Crippen LogP contribution in [-0.4, -0.2) is 33.6 Å². The van der Waals surface area contributed by atoms with Crippen molar-refractivity contribution < 1.29 is 50.7 Å². The molecule has 6 nitrogen and oxygen atoms in total. The summed E-state index contributed by atoms with van der Waals surface area (Å²) >= 11 is 0. The number of carbonyl (C=O) groups excluding carboxylic acids is 2. The van der Waals surface area contributed by atoms with Gasteiger partial charge in [-0.15, -0.1) is 0 Å². The Morgan fingerprint density at radius 1 is 0.906 bits per heavy atom. The van der Waals surface area contributed by atoms with E-state index in [4.69, 9.17) is 5.73 Å². The van der Waals surface area contributed by atoms with Crippen molar-refractivity contribution in [3.8, 4) is 0 Å². The number of carbonyl (C=O) groups is 2. The fourth-order valence-corrected chi connectivity index (χ4v) is 4.22. The number of benzene rings is 3. The summed E-state index contributed by atoms with van der Waals surface area (Å²) in [6, 6.07) is 16.0. The number of nitrogens with two attached hydrogens (primary N) is 1. The summed E-state index contributed by atoms with van der Waals surface area (Å²) in [4.78, 5) is 26.2. The third kappa shape index (κ3) is 4.72. The number of fused-ring (bicyclic) bond motifs is 2. The van der Waals surface area contributed by atoms with Crippen LogP contribution >= 0.6 is 0 Å². The van der Waals surface area contributed by atoms with Gasteiger partial charge in [0.25, 0.3) is 0 Å². The zero-order valence-corrected chi connectivity index (χ0v) is 21.1. The maximum atomic E-state index is 13.1. The van der Waals surface area contributed by atoms with Crippen LogP contribution in [0.2, 0.25) is 6.82 Å². The molecular weight excluding hydrogens is 500 g/mol. The number of rotatable bonds is 4. The Kier molecular flexibility index (Phi) is 8.57.